The van der Waals surface area contributed by atoms with Crippen LogP contribution >= 0.6 is 11.8 Å². The molecular weight excluding hydrogens is 432 g/mol. The molecule has 3 aromatic carbocycles. The van der Waals surface area contributed by atoms with Crippen molar-refractivity contribution in [1.29, 1.82) is 0 Å². The Morgan fingerprint density at radius 3 is 2.19 bits per heavy atom. The lowest BCUT2D eigenvalue weighted by Crippen LogP contribution is -2.00. The van der Waals surface area contributed by atoms with Gasteiger partial charge in [-0.05, 0) is 48.5 Å². The summed E-state index contributed by atoms with van der Waals surface area (Å²) < 4.78 is 33.8. The fraction of sp³-hybridized carbons (Fsp3) is 0.0435. The Bertz CT molecular complexity index is 1340. The number of benzene rings is 3. The van der Waals surface area contributed by atoms with Crippen molar-refractivity contribution in [3.63, 3.8) is 0 Å². The maximum Gasteiger partial charge on any atom is 0.237 e. The van der Waals surface area contributed by atoms with Crippen LogP contribution in [0, 0.1) is 11.6 Å². The van der Waals surface area contributed by atoms with Crippen molar-refractivity contribution in [2.75, 3.05) is 0 Å². The van der Waals surface area contributed by atoms with Gasteiger partial charge in [0.1, 0.15) is 11.6 Å². The van der Waals surface area contributed by atoms with E-state index in [-0.39, 0.29) is 11.6 Å². The van der Waals surface area contributed by atoms with Crippen molar-refractivity contribution in [3.05, 3.63) is 96.4 Å². The van der Waals surface area contributed by atoms with Gasteiger partial charge in [0, 0.05) is 16.8 Å². The first-order valence-corrected chi connectivity index (χ1v) is 10.6. The molecule has 0 N–H and O–H groups in total. The van der Waals surface area contributed by atoms with Gasteiger partial charge in [0.2, 0.25) is 11.7 Å². The summed E-state index contributed by atoms with van der Waals surface area (Å²) in [6.45, 7) is 0. The van der Waals surface area contributed by atoms with Gasteiger partial charge in [-0.2, -0.15) is 4.98 Å². The van der Waals surface area contributed by atoms with E-state index in [9.17, 15) is 8.78 Å². The van der Waals surface area contributed by atoms with Crippen LogP contribution in [-0.4, -0.2) is 24.9 Å². The van der Waals surface area contributed by atoms with Crippen molar-refractivity contribution >= 4 is 11.8 Å². The zero-order valence-electron chi connectivity index (χ0n) is 16.5. The molecule has 2 heterocycles. The van der Waals surface area contributed by atoms with Crippen LogP contribution in [0.1, 0.15) is 5.89 Å². The molecule has 0 aliphatic carbocycles. The summed E-state index contributed by atoms with van der Waals surface area (Å²) in [6, 6.07) is 21.6. The molecule has 6 nitrogen and oxygen atoms in total. The number of hydrogen-bond acceptors (Lipinski definition) is 6. The van der Waals surface area contributed by atoms with Gasteiger partial charge in [0.25, 0.3) is 0 Å². The van der Waals surface area contributed by atoms with Gasteiger partial charge >= 0.3 is 0 Å². The van der Waals surface area contributed by atoms with E-state index in [4.69, 9.17) is 4.52 Å². The Labute approximate surface area is 185 Å². The third kappa shape index (κ3) is 4.15. The molecule has 5 rings (SSSR count). The molecule has 5 aromatic rings. The third-order valence-electron chi connectivity index (χ3n) is 4.65. The lowest BCUT2D eigenvalue weighted by atomic mass is 10.2. The molecule has 158 valence electrons. The topological polar surface area (TPSA) is 69.6 Å². The lowest BCUT2D eigenvalue weighted by Gasteiger charge is -2.10. The van der Waals surface area contributed by atoms with Crippen LogP contribution in [-0.2, 0) is 5.75 Å². The average molecular weight is 447 g/mol. The number of rotatable bonds is 6. The molecule has 0 amide bonds. The normalized spacial score (nSPS) is 11.1. The van der Waals surface area contributed by atoms with Gasteiger partial charge in [-0.1, -0.05) is 47.3 Å². The minimum absolute atomic E-state index is 0.323. The van der Waals surface area contributed by atoms with Crippen LogP contribution in [0.2, 0.25) is 0 Å². The molecule has 32 heavy (non-hydrogen) atoms. The fourth-order valence-corrected chi connectivity index (χ4v) is 3.91. The summed E-state index contributed by atoms with van der Waals surface area (Å²) >= 11 is 1.37. The molecule has 0 spiro atoms. The quantitative estimate of drug-likeness (QED) is 0.318. The monoisotopic (exact) mass is 447 g/mol. The molecule has 0 unspecified atom stereocenters. The second-order valence-corrected chi connectivity index (χ2v) is 7.73. The second-order valence-electron chi connectivity index (χ2n) is 6.79. The van der Waals surface area contributed by atoms with E-state index in [1.54, 1.807) is 24.3 Å². The van der Waals surface area contributed by atoms with Crippen LogP contribution in [0.3, 0.4) is 0 Å². The Morgan fingerprint density at radius 1 is 0.781 bits per heavy atom. The summed E-state index contributed by atoms with van der Waals surface area (Å²) in [6.07, 6.45) is 0. The summed E-state index contributed by atoms with van der Waals surface area (Å²) in [4.78, 5) is 4.38. The van der Waals surface area contributed by atoms with E-state index in [1.807, 2.05) is 34.9 Å². The van der Waals surface area contributed by atoms with E-state index in [1.165, 1.54) is 36.0 Å². The van der Waals surface area contributed by atoms with Crippen molar-refractivity contribution in [2.24, 2.45) is 0 Å². The Hall–Kier alpha value is -3.85. The molecular formula is C23H15F2N5OS. The molecule has 0 fully saturated rings. The fourth-order valence-electron chi connectivity index (χ4n) is 3.12. The third-order valence-corrected chi connectivity index (χ3v) is 5.56. The summed E-state index contributed by atoms with van der Waals surface area (Å²) in [7, 11) is 0. The van der Waals surface area contributed by atoms with Crippen LogP contribution in [0.15, 0.2) is 88.5 Å². The SMILES string of the molecule is Fc1ccc(-c2noc(CSc3nnc(-c4ccccc4)n3-c3ccc(F)cc3)n2)cc1. The van der Waals surface area contributed by atoms with Crippen LogP contribution < -0.4 is 0 Å². The number of halogens is 2. The Balaban J connectivity index is 1.43. The zero-order valence-corrected chi connectivity index (χ0v) is 17.3. The number of hydrogen-bond donors (Lipinski definition) is 0. The van der Waals surface area contributed by atoms with Crippen molar-refractivity contribution in [1.82, 2.24) is 24.9 Å². The summed E-state index contributed by atoms with van der Waals surface area (Å²) in [5.74, 6) is 1.10. The molecule has 0 saturated carbocycles. The Morgan fingerprint density at radius 2 is 1.47 bits per heavy atom. The molecule has 0 saturated heterocycles. The number of thioether (sulfide) groups is 1. The smallest absolute Gasteiger partial charge is 0.237 e. The zero-order chi connectivity index (χ0) is 21.9. The maximum atomic E-state index is 13.5. The van der Waals surface area contributed by atoms with E-state index in [0.717, 1.165) is 11.3 Å². The standard InChI is InChI=1S/C23H15F2N5OS/c24-17-8-6-15(7-9-17)21-26-20(31-29-21)14-32-23-28-27-22(16-4-2-1-3-5-16)30(23)19-12-10-18(25)11-13-19/h1-13H,14H2. The minimum Gasteiger partial charge on any atom is -0.338 e. The molecule has 0 radical (unpaired) electrons. The number of aromatic nitrogens is 5. The van der Waals surface area contributed by atoms with E-state index >= 15 is 0 Å². The lowest BCUT2D eigenvalue weighted by molar-refractivity contribution is 0.391. The van der Waals surface area contributed by atoms with Crippen molar-refractivity contribution < 1.29 is 13.3 Å². The first-order valence-electron chi connectivity index (χ1n) is 9.65. The molecule has 2 aromatic heterocycles. The van der Waals surface area contributed by atoms with Gasteiger partial charge in [0.15, 0.2) is 11.0 Å². The van der Waals surface area contributed by atoms with E-state index < -0.39 is 0 Å². The number of nitrogens with zero attached hydrogens (tertiary/aromatic N) is 5. The van der Waals surface area contributed by atoms with Gasteiger partial charge in [-0.3, -0.25) is 4.57 Å². The second kappa shape index (κ2) is 8.72. The maximum absolute atomic E-state index is 13.5. The molecule has 0 aliphatic rings. The van der Waals surface area contributed by atoms with Crippen molar-refractivity contribution in [3.8, 4) is 28.5 Å². The molecule has 0 aliphatic heterocycles. The van der Waals surface area contributed by atoms with Crippen LogP contribution in [0.25, 0.3) is 28.5 Å². The van der Waals surface area contributed by atoms with Crippen LogP contribution in [0.4, 0.5) is 8.78 Å². The summed E-state index contributed by atoms with van der Waals surface area (Å²) in [5.41, 5.74) is 2.27. The van der Waals surface area contributed by atoms with E-state index in [0.29, 0.717) is 34.0 Å². The van der Waals surface area contributed by atoms with Gasteiger partial charge in [-0.25, -0.2) is 8.78 Å². The predicted molar refractivity (Wildman–Crippen MR) is 116 cm³/mol. The van der Waals surface area contributed by atoms with Crippen LogP contribution in [0.5, 0.6) is 0 Å². The highest BCUT2D eigenvalue weighted by Gasteiger charge is 2.18. The van der Waals surface area contributed by atoms with Crippen molar-refractivity contribution in [2.45, 2.75) is 10.9 Å². The summed E-state index contributed by atoms with van der Waals surface area (Å²) in [5, 5.41) is 13.2. The highest BCUT2D eigenvalue weighted by atomic mass is 32.2. The first kappa shape index (κ1) is 20.1. The van der Waals surface area contributed by atoms with E-state index in [2.05, 4.69) is 20.3 Å². The van der Waals surface area contributed by atoms with Gasteiger partial charge < -0.3 is 4.52 Å². The molecule has 0 atom stereocenters. The highest BCUT2D eigenvalue weighted by Crippen LogP contribution is 2.30. The largest absolute Gasteiger partial charge is 0.338 e. The van der Waals surface area contributed by atoms with Gasteiger partial charge in [-0.15, -0.1) is 10.2 Å². The average Bonchev–Trinajstić information content (AvgIpc) is 3.47. The molecule has 0 bridgehead atoms. The van der Waals surface area contributed by atoms with Gasteiger partial charge in [0.05, 0.1) is 5.75 Å². The predicted octanol–water partition coefficient (Wildman–Crippen LogP) is 5.55. The minimum atomic E-state index is -0.331. The highest BCUT2D eigenvalue weighted by molar-refractivity contribution is 7.98. The first-order chi connectivity index (χ1) is 15.7. The molecule has 9 heteroatoms. The Kier molecular flexibility index (Phi) is 5.47.